The molecule has 0 bridgehead atoms. The largest absolute Gasteiger partial charge is 0.416 e. The highest BCUT2D eigenvalue weighted by atomic mass is 79.9. The maximum atomic E-state index is 12.6. The summed E-state index contributed by atoms with van der Waals surface area (Å²) in [6.45, 7) is 0. The molecule has 0 amide bonds. The van der Waals surface area contributed by atoms with E-state index in [4.69, 9.17) is 5.73 Å². The number of alkyl halides is 3. The summed E-state index contributed by atoms with van der Waals surface area (Å²) >= 11 is 4.64. The molecule has 0 aliphatic heterocycles. The van der Waals surface area contributed by atoms with Crippen molar-refractivity contribution >= 4 is 38.7 Å². The van der Waals surface area contributed by atoms with Crippen LogP contribution in [0.15, 0.2) is 34.1 Å². The lowest BCUT2D eigenvalue weighted by molar-refractivity contribution is -0.137. The van der Waals surface area contributed by atoms with Gasteiger partial charge in [-0.15, -0.1) is 11.3 Å². The molecule has 0 saturated carbocycles. The highest BCUT2D eigenvalue weighted by Crippen LogP contribution is 2.32. The minimum Gasteiger partial charge on any atom is -0.398 e. The van der Waals surface area contributed by atoms with Gasteiger partial charge in [0, 0.05) is 27.0 Å². The van der Waals surface area contributed by atoms with Crippen LogP contribution in [0.5, 0.6) is 0 Å². The van der Waals surface area contributed by atoms with Gasteiger partial charge in [-0.05, 0) is 45.6 Å². The Hall–Kier alpha value is -1.34. The number of rotatable bonds is 3. The Labute approximate surface area is 125 Å². The zero-order chi connectivity index (χ0) is 14.9. The normalized spacial score (nSPS) is 11.6. The van der Waals surface area contributed by atoms with Gasteiger partial charge in [-0.25, -0.2) is 0 Å². The van der Waals surface area contributed by atoms with Gasteiger partial charge >= 0.3 is 6.18 Å². The summed E-state index contributed by atoms with van der Waals surface area (Å²) < 4.78 is 38.7. The highest BCUT2D eigenvalue weighted by molar-refractivity contribution is 9.10. The van der Waals surface area contributed by atoms with Crippen molar-refractivity contribution in [2.24, 2.45) is 0 Å². The molecule has 0 spiro atoms. The summed E-state index contributed by atoms with van der Waals surface area (Å²) in [6, 6.07) is 4.56. The van der Waals surface area contributed by atoms with Gasteiger partial charge in [-0.2, -0.15) is 13.2 Å². The maximum absolute atomic E-state index is 12.6. The number of hydrogen-bond donors (Lipinski definition) is 1. The third kappa shape index (κ3) is 3.21. The second kappa shape index (κ2) is 5.57. The van der Waals surface area contributed by atoms with Gasteiger partial charge in [-0.1, -0.05) is 0 Å². The van der Waals surface area contributed by atoms with Gasteiger partial charge in [0.25, 0.3) is 0 Å². The van der Waals surface area contributed by atoms with Crippen LogP contribution in [-0.2, 0) is 12.6 Å². The molecule has 2 nitrogen and oxygen atoms in total. The number of anilines is 1. The van der Waals surface area contributed by atoms with Crippen LogP contribution in [0.3, 0.4) is 0 Å². The van der Waals surface area contributed by atoms with E-state index in [1.807, 2.05) is 0 Å². The van der Waals surface area contributed by atoms with Crippen molar-refractivity contribution in [2.45, 2.75) is 12.6 Å². The number of benzene rings is 1. The molecular formula is C13H9BrF3NOS. The van der Waals surface area contributed by atoms with E-state index in [-0.39, 0.29) is 17.7 Å². The quantitative estimate of drug-likeness (QED) is 0.642. The first-order valence-electron chi connectivity index (χ1n) is 5.51. The lowest BCUT2D eigenvalue weighted by Crippen LogP contribution is -2.11. The smallest absolute Gasteiger partial charge is 0.398 e. The number of nitrogen functional groups attached to an aromatic ring is 1. The van der Waals surface area contributed by atoms with E-state index in [1.54, 1.807) is 11.4 Å². The summed E-state index contributed by atoms with van der Waals surface area (Å²) in [7, 11) is 0. The molecule has 0 fully saturated rings. The van der Waals surface area contributed by atoms with E-state index in [2.05, 4.69) is 15.9 Å². The summed E-state index contributed by atoms with van der Waals surface area (Å²) in [5.41, 5.74) is 4.68. The predicted octanol–water partition coefficient (Wildman–Crippen LogP) is 4.54. The Kier molecular flexibility index (Phi) is 4.19. The topological polar surface area (TPSA) is 43.1 Å². The molecule has 0 aliphatic rings. The first-order valence-corrected chi connectivity index (χ1v) is 7.18. The fourth-order valence-electron chi connectivity index (χ4n) is 1.67. The molecule has 0 radical (unpaired) electrons. The fourth-order valence-corrected chi connectivity index (χ4v) is 3.16. The van der Waals surface area contributed by atoms with Crippen molar-refractivity contribution in [3.05, 3.63) is 50.1 Å². The molecule has 0 unspecified atom stereocenters. The van der Waals surface area contributed by atoms with Crippen LogP contribution in [0.25, 0.3) is 0 Å². The third-order valence-electron chi connectivity index (χ3n) is 2.69. The number of ketones is 1. The number of thiophene rings is 1. The molecule has 2 rings (SSSR count). The maximum Gasteiger partial charge on any atom is 0.416 e. The third-order valence-corrected chi connectivity index (χ3v) is 4.62. The van der Waals surface area contributed by atoms with Crippen LogP contribution in [0.4, 0.5) is 18.9 Å². The molecule has 1 aromatic carbocycles. The van der Waals surface area contributed by atoms with Crippen molar-refractivity contribution in [3.63, 3.8) is 0 Å². The summed E-state index contributed by atoms with van der Waals surface area (Å²) in [5, 5.41) is 1.79. The van der Waals surface area contributed by atoms with E-state index >= 15 is 0 Å². The summed E-state index contributed by atoms with van der Waals surface area (Å²) in [5.74, 6) is -0.434. The summed E-state index contributed by atoms with van der Waals surface area (Å²) in [6.07, 6.45) is -4.48. The van der Waals surface area contributed by atoms with Crippen LogP contribution in [-0.4, -0.2) is 5.78 Å². The van der Waals surface area contributed by atoms with Gasteiger partial charge in [0.1, 0.15) is 0 Å². The lowest BCUT2D eigenvalue weighted by atomic mass is 10.0. The van der Waals surface area contributed by atoms with Gasteiger partial charge in [-0.3, -0.25) is 4.79 Å². The predicted molar refractivity (Wildman–Crippen MR) is 75.9 cm³/mol. The Morgan fingerprint density at radius 3 is 2.55 bits per heavy atom. The molecule has 106 valence electrons. The second-order valence-corrected chi connectivity index (χ2v) is 5.95. The standard InChI is InChI=1S/C13H9BrF3NOS/c14-9-3-4-20-12(9)6-11(19)8-5-7(13(15,16)17)1-2-10(8)18/h1-5H,6,18H2. The van der Waals surface area contributed by atoms with Gasteiger partial charge in [0.05, 0.1) is 5.56 Å². The average molecular weight is 364 g/mol. The molecule has 2 aromatic rings. The average Bonchev–Trinajstić information content (AvgIpc) is 2.74. The van der Waals surface area contributed by atoms with Gasteiger partial charge in [0.2, 0.25) is 0 Å². The van der Waals surface area contributed by atoms with E-state index in [0.29, 0.717) is 0 Å². The first-order chi connectivity index (χ1) is 9.29. The molecule has 7 heteroatoms. The van der Waals surface area contributed by atoms with Crippen LogP contribution in [0.1, 0.15) is 20.8 Å². The number of carbonyl (C=O) groups is 1. The molecule has 2 N–H and O–H groups in total. The number of Topliss-reactive ketones (excluding diaryl/α,β-unsaturated/α-hetero) is 1. The van der Waals surface area contributed by atoms with Crippen LogP contribution < -0.4 is 5.73 Å². The number of carbonyl (C=O) groups excluding carboxylic acids is 1. The molecular weight excluding hydrogens is 355 g/mol. The highest BCUT2D eigenvalue weighted by Gasteiger charge is 2.31. The van der Waals surface area contributed by atoms with Crippen molar-refractivity contribution in [2.75, 3.05) is 5.73 Å². The monoisotopic (exact) mass is 363 g/mol. The fraction of sp³-hybridized carbons (Fsp3) is 0.154. The Balaban J connectivity index is 2.32. The number of nitrogens with two attached hydrogens (primary N) is 1. The molecule has 0 atom stereocenters. The van der Waals surface area contributed by atoms with E-state index in [1.165, 1.54) is 11.3 Å². The van der Waals surface area contributed by atoms with Gasteiger partial charge in [0.15, 0.2) is 5.78 Å². The van der Waals surface area contributed by atoms with Crippen LogP contribution in [0.2, 0.25) is 0 Å². The van der Waals surface area contributed by atoms with Crippen LogP contribution >= 0.6 is 27.3 Å². The molecule has 20 heavy (non-hydrogen) atoms. The molecule has 1 heterocycles. The SMILES string of the molecule is Nc1ccc(C(F)(F)F)cc1C(=O)Cc1sccc1Br. The van der Waals surface area contributed by atoms with Crippen molar-refractivity contribution < 1.29 is 18.0 Å². The zero-order valence-corrected chi connectivity index (χ0v) is 12.4. The Morgan fingerprint density at radius 1 is 1.30 bits per heavy atom. The van der Waals surface area contributed by atoms with Gasteiger partial charge < -0.3 is 5.73 Å². The van der Waals surface area contributed by atoms with E-state index in [0.717, 1.165) is 27.5 Å². The number of hydrogen-bond acceptors (Lipinski definition) is 3. The van der Waals surface area contributed by atoms with Crippen molar-refractivity contribution in [1.82, 2.24) is 0 Å². The van der Waals surface area contributed by atoms with E-state index < -0.39 is 17.5 Å². The van der Waals surface area contributed by atoms with Crippen molar-refractivity contribution in [1.29, 1.82) is 0 Å². The number of halogens is 4. The van der Waals surface area contributed by atoms with Crippen molar-refractivity contribution in [3.8, 4) is 0 Å². The second-order valence-electron chi connectivity index (χ2n) is 4.09. The van der Waals surface area contributed by atoms with E-state index in [9.17, 15) is 18.0 Å². The minimum atomic E-state index is -4.49. The minimum absolute atomic E-state index is 0.0176. The summed E-state index contributed by atoms with van der Waals surface area (Å²) in [4.78, 5) is 12.9. The first kappa shape index (κ1) is 15.1. The molecule has 0 aliphatic carbocycles. The van der Waals surface area contributed by atoms with Crippen LogP contribution in [0, 0.1) is 0 Å². The molecule has 0 saturated heterocycles. The Bertz CT molecular complexity index is 651. The Morgan fingerprint density at radius 2 is 2.00 bits per heavy atom. The zero-order valence-electron chi connectivity index (χ0n) is 10.00. The molecule has 1 aromatic heterocycles. The lowest BCUT2D eigenvalue weighted by Gasteiger charge is -2.10.